The minimum absolute atomic E-state index is 0.0157. The molecule has 0 saturated carbocycles. The zero-order valence-electron chi connectivity index (χ0n) is 15.0. The van der Waals surface area contributed by atoms with Crippen LogP contribution in [0.3, 0.4) is 0 Å². The molecule has 0 radical (unpaired) electrons. The van der Waals surface area contributed by atoms with E-state index >= 15 is 0 Å². The number of nitrogens with zero attached hydrogens (tertiary/aromatic N) is 2. The molecule has 0 N–H and O–H groups in total. The quantitative estimate of drug-likeness (QED) is 0.662. The van der Waals surface area contributed by atoms with Crippen LogP contribution >= 0.6 is 11.3 Å². The van der Waals surface area contributed by atoms with E-state index in [4.69, 9.17) is 4.74 Å². The number of aromatic nitrogens is 1. The van der Waals surface area contributed by atoms with Gasteiger partial charge in [-0.2, -0.15) is 4.99 Å². The first-order valence-corrected chi connectivity index (χ1v) is 9.19. The molecule has 6 heteroatoms. The summed E-state index contributed by atoms with van der Waals surface area (Å²) in [4.78, 5) is 29.3. The summed E-state index contributed by atoms with van der Waals surface area (Å²) in [7, 11) is 1.35. The molecule has 0 spiro atoms. The van der Waals surface area contributed by atoms with Crippen LogP contribution in [0.15, 0.2) is 47.5 Å². The number of esters is 1. The average Bonchev–Trinajstić information content (AvgIpc) is 2.97. The number of hydrogen-bond acceptors (Lipinski definition) is 4. The highest BCUT2D eigenvalue weighted by Crippen LogP contribution is 2.20. The summed E-state index contributed by atoms with van der Waals surface area (Å²) in [6.45, 7) is 3.98. The summed E-state index contributed by atoms with van der Waals surface area (Å²) < 4.78 is 7.53. The lowest BCUT2D eigenvalue weighted by atomic mass is 10.1. The first-order chi connectivity index (χ1) is 12.5. The highest BCUT2D eigenvalue weighted by molar-refractivity contribution is 7.16. The number of thiazole rings is 1. The molecule has 26 heavy (non-hydrogen) atoms. The van der Waals surface area contributed by atoms with E-state index < -0.39 is 0 Å². The monoisotopic (exact) mass is 368 g/mol. The normalized spacial score (nSPS) is 11.7. The number of amides is 1. The van der Waals surface area contributed by atoms with Crippen molar-refractivity contribution in [1.29, 1.82) is 0 Å². The Bertz CT molecular complexity index is 1050. The summed E-state index contributed by atoms with van der Waals surface area (Å²) in [6.07, 6.45) is 0.916. The molecule has 0 fully saturated rings. The van der Waals surface area contributed by atoms with Gasteiger partial charge in [0, 0.05) is 5.56 Å². The Balaban J connectivity index is 2.16. The van der Waals surface area contributed by atoms with Gasteiger partial charge in [-0.3, -0.25) is 9.59 Å². The molecule has 134 valence electrons. The van der Waals surface area contributed by atoms with Crippen molar-refractivity contribution in [3.05, 3.63) is 64.0 Å². The molecule has 0 unspecified atom stereocenters. The Labute approximate surface area is 155 Å². The summed E-state index contributed by atoms with van der Waals surface area (Å²) in [5, 5.41) is 0. The van der Waals surface area contributed by atoms with E-state index in [-0.39, 0.29) is 18.4 Å². The molecule has 5 nitrogen and oxygen atoms in total. The van der Waals surface area contributed by atoms with E-state index in [0.717, 1.165) is 22.2 Å². The predicted octanol–water partition coefficient (Wildman–Crippen LogP) is 3.49. The van der Waals surface area contributed by atoms with Crippen molar-refractivity contribution in [3.63, 3.8) is 0 Å². The Morgan fingerprint density at radius 1 is 1.19 bits per heavy atom. The van der Waals surface area contributed by atoms with Gasteiger partial charge in [0.15, 0.2) is 4.80 Å². The minimum atomic E-state index is -0.381. The molecule has 1 aromatic heterocycles. The standard InChI is InChI=1S/C20H20N2O3S/c1-4-14-9-10-16-17(11-14)26-20(22(16)12-18(23)25-3)21-19(24)15-8-6-5-7-13(15)2/h5-11H,4,12H2,1-3H3. The SMILES string of the molecule is CCc1ccc2c(c1)sc(=NC(=O)c1ccccc1C)n2CC(=O)OC. The van der Waals surface area contributed by atoms with Gasteiger partial charge in [-0.05, 0) is 42.7 Å². The van der Waals surface area contributed by atoms with Gasteiger partial charge in [0.25, 0.3) is 5.91 Å². The fraction of sp³-hybridized carbons (Fsp3) is 0.250. The summed E-state index contributed by atoms with van der Waals surface area (Å²) in [5.74, 6) is -0.696. The molecular weight excluding hydrogens is 348 g/mol. The lowest BCUT2D eigenvalue weighted by molar-refractivity contribution is -0.141. The lowest BCUT2D eigenvalue weighted by Crippen LogP contribution is -2.22. The lowest BCUT2D eigenvalue weighted by Gasteiger charge is -2.04. The van der Waals surface area contributed by atoms with E-state index in [1.807, 2.05) is 37.3 Å². The molecule has 0 saturated heterocycles. The molecular formula is C20H20N2O3S. The second-order valence-corrected chi connectivity index (χ2v) is 6.94. The van der Waals surface area contributed by atoms with Crippen molar-refractivity contribution in [1.82, 2.24) is 4.57 Å². The number of methoxy groups -OCH3 is 1. The van der Waals surface area contributed by atoms with Crippen LogP contribution in [0, 0.1) is 6.92 Å². The molecule has 1 heterocycles. The largest absolute Gasteiger partial charge is 0.468 e. The van der Waals surface area contributed by atoms with Gasteiger partial charge in [-0.25, -0.2) is 0 Å². The van der Waals surface area contributed by atoms with Gasteiger partial charge in [-0.15, -0.1) is 0 Å². The molecule has 2 aromatic carbocycles. The van der Waals surface area contributed by atoms with Crippen LogP contribution < -0.4 is 4.80 Å². The number of benzene rings is 2. The number of ether oxygens (including phenoxy) is 1. The first kappa shape index (κ1) is 18.1. The Morgan fingerprint density at radius 2 is 1.96 bits per heavy atom. The molecule has 0 aliphatic rings. The van der Waals surface area contributed by atoms with Gasteiger partial charge >= 0.3 is 5.97 Å². The third kappa shape index (κ3) is 3.60. The van der Waals surface area contributed by atoms with Crippen molar-refractivity contribution in [3.8, 4) is 0 Å². The summed E-state index contributed by atoms with van der Waals surface area (Å²) >= 11 is 1.40. The molecule has 3 aromatic rings. The van der Waals surface area contributed by atoms with Crippen molar-refractivity contribution in [2.75, 3.05) is 7.11 Å². The number of aryl methyl sites for hydroxylation is 2. The van der Waals surface area contributed by atoms with E-state index in [1.165, 1.54) is 24.0 Å². The summed E-state index contributed by atoms with van der Waals surface area (Å²) in [6, 6.07) is 13.4. The molecule has 0 aliphatic carbocycles. The van der Waals surface area contributed by atoms with E-state index in [0.29, 0.717) is 10.4 Å². The van der Waals surface area contributed by atoms with E-state index in [1.54, 1.807) is 10.6 Å². The number of carbonyl (C=O) groups is 2. The predicted molar refractivity (Wildman–Crippen MR) is 102 cm³/mol. The maximum Gasteiger partial charge on any atom is 0.325 e. The van der Waals surface area contributed by atoms with Crippen LogP contribution in [0.5, 0.6) is 0 Å². The fourth-order valence-corrected chi connectivity index (χ4v) is 3.82. The average molecular weight is 368 g/mol. The van der Waals surface area contributed by atoms with E-state index in [2.05, 4.69) is 18.0 Å². The van der Waals surface area contributed by atoms with Crippen molar-refractivity contribution >= 4 is 33.4 Å². The Hall–Kier alpha value is -2.73. The third-order valence-corrected chi connectivity index (χ3v) is 5.28. The van der Waals surface area contributed by atoms with Gasteiger partial charge in [-0.1, -0.05) is 42.5 Å². The second-order valence-electron chi connectivity index (χ2n) is 5.93. The topological polar surface area (TPSA) is 60.7 Å². The zero-order chi connectivity index (χ0) is 18.7. The number of hydrogen-bond donors (Lipinski definition) is 0. The van der Waals surface area contributed by atoms with Crippen molar-refractivity contribution < 1.29 is 14.3 Å². The number of fused-ring (bicyclic) bond motifs is 1. The Kier molecular flexibility index (Phi) is 5.32. The highest BCUT2D eigenvalue weighted by atomic mass is 32.1. The maximum atomic E-state index is 12.7. The van der Waals surface area contributed by atoms with Crippen molar-refractivity contribution in [2.45, 2.75) is 26.8 Å². The third-order valence-electron chi connectivity index (χ3n) is 4.24. The first-order valence-electron chi connectivity index (χ1n) is 8.37. The Morgan fingerprint density at radius 3 is 2.65 bits per heavy atom. The van der Waals surface area contributed by atoms with Gasteiger partial charge < -0.3 is 9.30 Å². The van der Waals surface area contributed by atoms with Crippen LogP contribution in [-0.2, 0) is 22.5 Å². The van der Waals surface area contributed by atoms with Crippen LogP contribution in [0.2, 0.25) is 0 Å². The minimum Gasteiger partial charge on any atom is -0.468 e. The van der Waals surface area contributed by atoms with Crippen LogP contribution in [0.4, 0.5) is 0 Å². The molecule has 0 bridgehead atoms. The highest BCUT2D eigenvalue weighted by Gasteiger charge is 2.13. The molecule has 3 rings (SSSR count). The number of rotatable bonds is 4. The van der Waals surface area contributed by atoms with Crippen LogP contribution in [-0.4, -0.2) is 23.6 Å². The molecule has 1 amide bonds. The summed E-state index contributed by atoms with van der Waals surface area (Å²) in [5.41, 5.74) is 3.49. The smallest absolute Gasteiger partial charge is 0.325 e. The molecule has 0 aliphatic heterocycles. The van der Waals surface area contributed by atoms with Crippen LogP contribution in [0.25, 0.3) is 10.2 Å². The van der Waals surface area contributed by atoms with E-state index in [9.17, 15) is 9.59 Å². The number of carbonyl (C=O) groups excluding carboxylic acids is 2. The zero-order valence-corrected chi connectivity index (χ0v) is 15.8. The van der Waals surface area contributed by atoms with Gasteiger partial charge in [0.1, 0.15) is 6.54 Å². The maximum absolute atomic E-state index is 12.7. The van der Waals surface area contributed by atoms with Gasteiger partial charge in [0.2, 0.25) is 0 Å². The molecule has 0 atom stereocenters. The van der Waals surface area contributed by atoms with Crippen LogP contribution in [0.1, 0.15) is 28.4 Å². The van der Waals surface area contributed by atoms with Crippen molar-refractivity contribution in [2.24, 2.45) is 4.99 Å². The second kappa shape index (κ2) is 7.66. The fourth-order valence-electron chi connectivity index (χ4n) is 2.73. The van der Waals surface area contributed by atoms with Gasteiger partial charge in [0.05, 0.1) is 17.3 Å².